The number of ether oxygens (including phenoxy) is 1. The SMILES string of the molecule is N=C(N)c1cc(OC2CCC2)ncn1. The van der Waals surface area contributed by atoms with Gasteiger partial charge in [0.15, 0.2) is 0 Å². The standard InChI is InChI=1S/C9H12N4O/c10-9(11)7-4-8(13-5-12-7)14-6-2-1-3-6/h4-6H,1-3H2,(H3,10,11). The number of amidine groups is 1. The molecule has 0 amide bonds. The zero-order valence-electron chi connectivity index (χ0n) is 7.73. The minimum absolute atomic E-state index is 0.0640. The van der Waals surface area contributed by atoms with Crippen LogP contribution < -0.4 is 10.5 Å². The third-order valence-corrected chi connectivity index (χ3v) is 2.26. The maximum absolute atomic E-state index is 7.21. The highest BCUT2D eigenvalue weighted by Crippen LogP contribution is 2.23. The zero-order valence-corrected chi connectivity index (χ0v) is 7.73. The molecule has 1 aliphatic rings. The van der Waals surface area contributed by atoms with Gasteiger partial charge in [0.05, 0.1) is 0 Å². The largest absolute Gasteiger partial charge is 0.474 e. The summed E-state index contributed by atoms with van der Waals surface area (Å²) in [5.74, 6) is 0.445. The van der Waals surface area contributed by atoms with Crippen LogP contribution in [0.2, 0.25) is 0 Å². The Morgan fingerprint density at radius 3 is 2.86 bits per heavy atom. The molecule has 1 fully saturated rings. The van der Waals surface area contributed by atoms with Crippen molar-refractivity contribution in [2.24, 2.45) is 5.73 Å². The molecule has 5 heteroatoms. The van der Waals surface area contributed by atoms with Gasteiger partial charge in [0.2, 0.25) is 5.88 Å². The highest BCUT2D eigenvalue weighted by Gasteiger charge is 2.19. The fraction of sp³-hybridized carbons (Fsp3) is 0.444. The quantitative estimate of drug-likeness (QED) is 0.545. The Balaban J connectivity index is 2.09. The second-order valence-electron chi connectivity index (χ2n) is 3.33. The molecule has 1 heterocycles. The van der Waals surface area contributed by atoms with E-state index in [1.807, 2.05) is 0 Å². The van der Waals surface area contributed by atoms with Gasteiger partial charge >= 0.3 is 0 Å². The van der Waals surface area contributed by atoms with Crippen LogP contribution >= 0.6 is 0 Å². The van der Waals surface area contributed by atoms with Gasteiger partial charge in [0.25, 0.3) is 0 Å². The van der Waals surface area contributed by atoms with Crippen molar-refractivity contribution < 1.29 is 4.74 Å². The van der Waals surface area contributed by atoms with E-state index in [0.717, 1.165) is 12.8 Å². The van der Waals surface area contributed by atoms with Crippen LogP contribution in [0, 0.1) is 5.41 Å². The first-order valence-electron chi connectivity index (χ1n) is 4.59. The summed E-state index contributed by atoms with van der Waals surface area (Å²) in [5.41, 5.74) is 5.71. The number of rotatable bonds is 3. The molecule has 1 aliphatic carbocycles. The van der Waals surface area contributed by atoms with Crippen LogP contribution in [-0.4, -0.2) is 21.9 Å². The molecule has 14 heavy (non-hydrogen) atoms. The predicted octanol–water partition coefficient (Wildman–Crippen LogP) is 0.692. The first-order chi connectivity index (χ1) is 6.75. The van der Waals surface area contributed by atoms with Crippen molar-refractivity contribution in [1.82, 2.24) is 9.97 Å². The summed E-state index contributed by atoms with van der Waals surface area (Å²) in [5, 5.41) is 7.21. The molecule has 3 N–H and O–H groups in total. The Kier molecular flexibility index (Phi) is 2.30. The lowest BCUT2D eigenvalue weighted by atomic mass is 9.96. The molecule has 1 saturated carbocycles. The second kappa shape index (κ2) is 3.61. The number of nitrogens with zero attached hydrogens (tertiary/aromatic N) is 2. The van der Waals surface area contributed by atoms with Gasteiger partial charge in [-0.15, -0.1) is 0 Å². The lowest BCUT2D eigenvalue weighted by molar-refractivity contribution is 0.114. The van der Waals surface area contributed by atoms with Gasteiger partial charge in [0.1, 0.15) is 24.0 Å². The molecule has 1 aromatic heterocycles. The topological polar surface area (TPSA) is 84.9 Å². The van der Waals surface area contributed by atoms with Crippen LogP contribution in [0.5, 0.6) is 5.88 Å². The van der Waals surface area contributed by atoms with E-state index >= 15 is 0 Å². The summed E-state index contributed by atoms with van der Waals surface area (Å²) in [6, 6.07) is 1.60. The van der Waals surface area contributed by atoms with E-state index < -0.39 is 0 Å². The Bertz CT molecular complexity index is 348. The summed E-state index contributed by atoms with van der Waals surface area (Å²) in [6.07, 6.45) is 5.03. The summed E-state index contributed by atoms with van der Waals surface area (Å²) >= 11 is 0. The van der Waals surface area contributed by atoms with Crippen molar-refractivity contribution in [3.05, 3.63) is 18.1 Å². The van der Waals surface area contributed by atoms with E-state index in [0.29, 0.717) is 11.6 Å². The number of hydrogen-bond acceptors (Lipinski definition) is 4. The number of nitrogens with two attached hydrogens (primary N) is 1. The van der Waals surface area contributed by atoms with Gasteiger partial charge in [0, 0.05) is 6.07 Å². The third-order valence-electron chi connectivity index (χ3n) is 2.26. The Labute approximate surface area is 81.8 Å². The summed E-state index contributed by atoms with van der Waals surface area (Å²) < 4.78 is 5.54. The van der Waals surface area contributed by atoms with Crippen LogP contribution in [0.25, 0.3) is 0 Å². The summed E-state index contributed by atoms with van der Waals surface area (Å²) in [6.45, 7) is 0. The van der Waals surface area contributed by atoms with Crippen LogP contribution in [-0.2, 0) is 0 Å². The molecule has 0 atom stereocenters. The molecular weight excluding hydrogens is 180 g/mol. The summed E-state index contributed by atoms with van der Waals surface area (Å²) in [4.78, 5) is 7.81. The number of aromatic nitrogens is 2. The van der Waals surface area contributed by atoms with Crippen LogP contribution in [0.1, 0.15) is 25.0 Å². The van der Waals surface area contributed by atoms with Crippen LogP contribution in [0.3, 0.4) is 0 Å². The Morgan fingerprint density at radius 1 is 1.50 bits per heavy atom. The monoisotopic (exact) mass is 192 g/mol. The minimum atomic E-state index is -0.0640. The average molecular weight is 192 g/mol. The van der Waals surface area contributed by atoms with Gasteiger partial charge in [-0.25, -0.2) is 9.97 Å². The fourth-order valence-electron chi connectivity index (χ4n) is 1.21. The maximum Gasteiger partial charge on any atom is 0.217 e. The van der Waals surface area contributed by atoms with E-state index in [1.165, 1.54) is 12.7 Å². The smallest absolute Gasteiger partial charge is 0.217 e. The lowest BCUT2D eigenvalue weighted by Crippen LogP contribution is -2.25. The average Bonchev–Trinajstić information content (AvgIpc) is 2.12. The molecule has 74 valence electrons. The van der Waals surface area contributed by atoms with Crippen LogP contribution in [0.15, 0.2) is 12.4 Å². The second-order valence-corrected chi connectivity index (χ2v) is 3.33. The van der Waals surface area contributed by atoms with Crippen molar-refractivity contribution in [3.8, 4) is 5.88 Å². The molecule has 1 aromatic rings. The molecule has 0 aliphatic heterocycles. The van der Waals surface area contributed by atoms with Gasteiger partial charge in [-0.05, 0) is 19.3 Å². The van der Waals surface area contributed by atoms with E-state index in [2.05, 4.69) is 9.97 Å². The van der Waals surface area contributed by atoms with Crippen molar-refractivity contribution in [3.63, 3.8) is 0 Å². The molecule has 0 spiro atoms. The van der Waals surface area contributed by atoms with E-state index in [1.54, 1.807) is 6.07 Å². The third kappa shape index (κ3) is 1.81. The maximum atomic E-state index is 7.21. The highest BCUT2D eigenvalue weighted by atomic mass is 16.5. The molecule has 0 saturated heterocycles. The first kappa shape index (κ1) is 8.93. The van der Waals surface area contributed by atoms with E-state index in [4.69, 9.17) is 15.9 Å². The molecule has 0 aromatic carbocycles. The minimum Gasteiger partial charge on any atom is -0.474 e. The molecular formula is C9H12N4O. The van der Waals surface area contributed by atoms with Gasteiger partial charge in [-0.3, -0.25) is 5.41 Å². The van der Waals surface area contributed by atoms with Gasteiger partial charge < -0.3 is 10.5 Å². The van der Waals surface area contributed by atoms with Crippen LogP contribution in [0.4, 0.5) is 0 Å². The molecule has 2 rings (SSSR count). The number of nitrogens with one attached hydrogen (secondary N) is 1. The van der Waals surface area contributed by atoms with Crippen molar-refractivity contribution >= 4 is 5.84 Å². The predicted molar refractivity (Wildman–Crippen MR) is 51.3 cm³/mol. The van der Waals surface area contributed by atoms with Crippen molar-refractivity contribution in [1.29, 1.82) is 5.41 Å². The highest BCUT2D eigenvalue weighted by molar-refractivity contribution is 5.93. The van der Waals surface area contributed by atoms with E-state index in [-0.39, 0.29) is 11.9 Å². The number of hydrogen-bond donors (Lipinski definition) is 2. The normalized spacial score (nSPS) is 16.0. The molecule has 0 unspecified atom stereocenters. The Morgan fingerprint density at radius 2 is 2.29 bits per heavy atom. The van der Waals surface area contributed by atoms with Crippen molar-refractivity contribution in [2.75, 3.05) is 0 Å². The van der Waals surface area contributed by atoms with Gasteiger partial charge in [-0.2, -0.15) is 0 Å². The Hall–Kier alpha value is -1.65. The fourth-order valence-corrected chi connectivity index (χ4v) is 1.21. The van der Waals surface area contributed by atoms with Crippen molar-refractivity contribution in [2.45, 2.75) is 25.4 Å². The zero-order chi connectivity index (χ0) is 9.97. The van der Waals surface area contributed by atoms with Gasteiger partial charge in [-0.1, -0.05) is 0 Å². The summed E-state index contributed by atoms with van der Waals surface area (Å²) in [7, 11) is 0. The lowest BCUT2D eigenvalue weighted by Gasteiger charge is -2.25. The van der Waals surface area contributed by atoms with E-state index in [9.17, 15) is 0 Å². The number of nitrogen functional groups attached to an aromatic ring is 1. The first-order valence-corrected chi connectivity index (χ1v) is 4.59. The molecule has 0 bridgehead atoms. The molecule has 0 radical (unpaired) electrons. The molecule has 5 nitrogen and oxygen atoms in total.